The maximum absolute atomic E-state index is 5.90. The molecule has 0 amide bonds. The lowest BCUT2D eigenvalue weighted by Gasteiger charge is -2.13. The van der Waals surface area contributed by atoms with Crippen LogP contribution in [0.3, 0.4) is 0 Å². The Hall–Kier alpha value is -2.31. The minimum atomic E-state index is 0.380. The van der Waals surface area contributed by atoms with Gasteiger partial charge in [-0.15, -0.1) is 0 Å². The van der Waals surface area contributed by atoms with Crippen molar-refractivity contribution in [3.05, 3.63) is 17.7 Å². The Morgan fingerprint density at radius 1 is 1.24 bits per heavy atom. The molecule has 0 atom stereocenters. The Bertz CT molecular complexity index is 624. The van der Waals surface area contributed by atoms with E-state index in [4.69, 9.17) is 9.47 Å². The number of methoxy groups -OCH3 is 1. The van der Waals surface area contributed by atoms with E-state index in [2.05, 4.69) is 27.3 Å². The van der Waals surface area contributed by atoms with Crippen LogP contribution < -0.4 is 14.8 Å². The molecule has 0 aliphatic rings. The van der Waals surface area contributed by atoms with Crippen molar-refractivity contribution in [1.29, 1.82) is 0 Å². The fraction of sp³-hybridized carbons (Fsp3) is 0.500. The van der Waals surface area contributed by atoms with E-state index in [-0.39, 0.29) is 0 Å². The predicted molar refractivity (Wildman–Crippen MR) is 80.1 cm³/mol. The smallest absolute Gasteiger partial charge is 0.268 e. The van der Waals surface area contributed by atoms with Crippen LogP contribution in [0.1, 0.15) is 24.7 Å². The fourth-order valence-corrected chi connectivity index (χ4v) is 1.98. The van der Waals surface area contributed by atoms with E-state index in [1.54, 1.807) is 11.8 Å². The average molecular weight is 291 g/mol. The summed E-state index contributed by atoms with van der Waals surface area (Å²) in [7, 11) is 3.45. The van der Waals surface area contributed by atoms with Crippen molar-refractivity contribution in [2.45, 2.75) is 27.2 Å². The van der Waals surface area contributed by atoms with Gasteiger partial charge in [-0.05, 0) is 20.3 Å². The summed E-state index contributed by atoms with van der Waals surface area (Å²) < 4.78 is 13.1. The zero-order chi connectivity index (χ0) is 15.4. The summed E-state index contributed by atoms with van der Waals surface area (Å²) in [5, 5.41) is 7.52. The molecule has 2 aromatic heterocycles. The molecule has 21 heavy (non-hydrogen) atoms. The Morgan fingerprint density at radius 3 is 2.57 bits per heavy atom. The van der Waals surface area contributed by atoms with Gasteiger partial charge in [0.15, 0.2) is 11.6 Å². The number of nitrogens with one attached hydrogen (secondary N) is 1. The van der Waals surface area contributed by atoms with Crippen LogP contribution in [-0.4, -0.2) is 33.4 Å². The zero-order valence-corrected chi connectivity index (χ0v) is 13.1. The van der Waals surface area contributed by atoms with E-state index in [0.29, 0.717) is 23.2 Å². The number of rotatable bonds is 6. The SMILES string of the molecule is CCCNc1ncnc(Oc2c(C)nn(C)c2C)c1OC. The van der Waals surface area contributed by atoms with Crippen LogP contribution in [0.4, 0.5) is 5.82 Å². The lowest BCUT2D eigenvalue weighted by molar-refractivity contribution is 0.367. The first-order chi connectivity index (χ1) is 10.1. The van der Waals surface area contributed by atoms with Crippen LogP contribution in [0.15, 0.2) is 6.33 Å². The third kappa shape index (κ3) is 3.07. The summed E-state index contributed by atoms with van der Waals surface area (Å²) in [5.41, 5.74) is 1.73. The van der Waals surface area contributed by atoms with E-state index in [9.17, 15) is 0 Å². The van der Waals surface area contributed by atoms with Crippen molar-refractivity contribution >= 4 is 5.82 Å². The standard InChI is InChI=1S/C14H21N5O2/c1-6-7-15-13-12(20-5)14(17-8-16-13)21-11-9(2)18-19(4)10(11)3/h8H,6-7H2,1-5H3,(H,15,16,17). The fourth-order valence-electron chi connectivity index (χ4n) is 1.98. The second-order valence-corrected chi connectivity index (χ2v) is 4.71. The largest absolute Gasteiger partial charge is 0.489 e. The summed E-state index contributed by atoms with van der Waals surface area (Å²) in [6.07, 6.45) is 2.45. The highest BCUT2D eigenvalue weighted by Gasteiger charge is 2.18. The summed E-state index contributed by atoms with van der Waals surface area (Å²) in [5.74, 6) is 2.19. The molecule has 0 radical (unpaired) electrons. The first kappa shape index (κ1) is 15.1. The molecule has 0 saturated heterocycles. The van der Waals surface area contributed by atoms with Gasteiger partial charge in [-0.25, -0.2) is 4.98 Å². The molecule has 7 nitrogen and oxygen atoms in total. The van der Waals surface area contributed by atoms with Gasteiger partial charge in [-0.3, -0.25) is 4.68 Å². The molecular weight excluding hydrogens is 270 g/mol. The predicted octanol–water partition coefficient (Wildman–Crippen LogP) is 2.45. The summed E-state index contributed by atoms with van der Waals surface area (Å²) in [4.78, 5) is 8.36. The molecular formula is C14H21N5O2. The van der Waals surface area contributed by atoms with Gasteiger partial charge in [0.25, 0.3) is 5.88 Å². The van der Waals surface area contributed by atoms with Gasteiger partial charge in [-0.1, -0.05) is 6.92 Å². The van der Waals surface area contributed by atoms with Crippen molar-refractivity contribution in [3.8, 4) is 17.4 Å². The Kier molecular flexibility index (Phi) is 4.62. The van der Waals surface area contributed by atoms with Crippen molar-refractivity contribution in [3.63, 3.8) is 0 Å². The molecule has 2 heterocycles. The molecule has 0 spiro atoms. The van der Waals surface area contributed by atoms with Crippen LogP contribution in [0.25, 0.3) is 0 Å². The minimum absolute atomic E-state index is 0.380. The number of aromatic nitrogens is 4. The molecule has 0 saturated carbocycles. The molecule has 0 aliphatic heterocycles. The van der Waals surface area contributed by atoms with Crippen molar-refractivity contribution in [2.24, 2.45) is 7.05 Å². The normalized spacial score (nSPS) is 10.5. The van der Waals surface area contributed by atoms with Crippen LogP contribution in [0, 0.1) is 13.8 Å². The van der Waals surface area contributed by atoms with Crippen LogP contribution >= 0.6 is 0 Å². The van der Waals surface area contributed by atoms with Crippen LogP contribution in [0.5, 0.6) is 17.4 Å². The number of nitrogens with zero attached hydrogens (tertiary/aromatic N) is 4. The zero-order valence-electron chi connectivity index (χ0n) is 13.1. The maximum Gasteiger partial charge on any atom is 0.268 e. The molecule has 7 heteroatoms. The van der Waals surface area contributed by atoms with Gasteiger partial charge in [0.1, 0.15) is 12.0 Å². The lowest BCUT2D eigenvalue weighted by atomic mass is 10.3. The molecule has 0 aliphatic carbocycles. The van der Waals surface area contributed by atoms with E-state index < -0.39 is 0 Å². The van der Waals surface area contributed by atoms with E-state index >= 15 is 0 Å². The van der Waals surface area contributed by atoms with E-state index in [1.165, 1.54) is 6.33 Å². The number of aryl methyl sites for hydroxylation is 2. The van der Waals surface area contributed by atoms with Gasteiger partial charge in [0.2, 0.25) is 5.75 Å². The average Bonchev–Trinajstić information content (AvgIpc) is 2.71. The topological polar surface area (TPSA) is 74.1 Å². The highest BCUT2D eigenvalue weighted by atomic mass is 16.5. The van der Waals surface area contributed by atoms with Gasteiger partial charge in [0, 0.05) is 13.6 Å². The van der Waals surface area contributed by atoms with Gasteiger partial charge in [0.05, 0.1) is 12.8 Å². The number of anilines is 1. The highest BCUT2D eigenvalue weighted by molar-refractivity contribution is 5.56. The Balaban J connectivity index is 2.35. The monoisotopic (exact) mass is 291 g/mol. The molecule has 114 valence electrons. The summed E-state index contributed by atoms with van der Waals surface area (Å²) in [6, 6.07) is 0. The molecule has 1 N–H and O–H groups in total. The number of hydrogen-bond acceptors (Lipinski definition) is 6. The quantitative estimate of drug-likeness (QED) is 0.881. The van der Waals surface area contributed by atoms with Gasteiger partial charge >= 0.3 is 0 Å². The number of hydrogen-bond donors (Lipinski definition) is 1. The van der Waals surface area contributed by atoms with Crippen molar-refractivity contribution in [1.82, 2.24) is 19.7 Å². The third-order valence-electron chi connectivity index (χ3n) is 3.16. The highest BCUT2D eigenvalue weighted by Crippen LogP contribution is 2.36. The first-order valence-electron chi connectivity index (χ1n) is 6.89. The van der Waals surface area contributed by atoms with E-state index in [1.807, 2.05) is 20.9 Å². The molecule has 2 aromatic rings. The maximum atomic E-state index is 5.90. The van der Waals surface area contributed by atoms with Crippen LogP contribution in [-0.2, 0) is 7.05 Å². The first-order valence-corrected chi connectivity index (χ1v) is 6.89. The molecule has 0 bridgehead atoms. The third-order valence-corrected chi connectivity index (χ3v) is 3.16. The molecule has 2 rings (SSSR count). The summed E-state index contributed by atoms with van der Waals surface area (Å²) in [6.45, 7) is 6.73. The number of ether oxygens (including phenoxy) is 2. The van der Waals surface area contributed by atoms with Gasteiger partial charge < -0.3 is 14.8 Å². The second kappa shape index (κ2) is 6.43. The Labute approximate surface area is 124 Å². The minimum Gasteiger partial charge on any atom is -0.489 e. The van der Waals surface area contributed by atoms with Crippen molar-refractivity contribution in [2.75, 3.05) is 19.0 Å². The van der Waals surface area contributed by atoms with Crippen molar-refractivity contribution < 1.29 is 9.47 Å². The molecule has 0 fully saturated rings. The Morgan fingerprint density at radius 2 is 2.00 bits per heavy atom. The second-order valence-electron chi connectivity index (χ2n) is 4.71. The molecule has 0 aromatic carbocycles. The molecule has 0 unspecified atom stereocenters. The van der Waals surface area contributed by atoms with Gasteiger partial charge in [-0.2, -0.15) is 10.1 Å². The lowest BCUT2D eigenvalue weighted by Crippen LogP contribution is -2.06. The van der Waals surface area contributed by atoms with Crippen LogP contribution in [0.2, 0.25) is 0 Å². The summed E-state index contributed by atoms with van der Waals surface area (Å²) >= 11 is 0. The van der Waals surface area contributed by atoms with E-state index in [0.717, 1.165) is 24.4 Å².